The Bertz CT molecular complexity index is 1950. The minimum Gasteiger partial charge on any atom is -0.444 e. The van der Waals surface area contributed by atoms with Crippen LogP contribution in [0.2, 0.25) is 0 Å². The largest absolute Gasteiger partial charge is 0.444 e. The van der Waals surface area contributed by atoms with Gasteiger partial charge in [-0.25, -0.2) is 23.1 Å². The van der Waals surface area contributed by atoms with Gasteiger partial charge in [0.25, 0.3) is 0 Å². The fraction of sp³-hybridized carbons (Fsp3) is 0.452. The zero-order valence-corrected chi connectivity index (χ0v) is 27.5. The summed E-state index contributed by atoms with van der Waals surface area (Å²) < 4.78 is 83.1. The van der Waals surface area contributed by atoms with E-state index in [9.17, 15) is 14.0 Å². The van der Waals surface area contributed by atoms with Gasteiger partial charge in [-0.1, -0.05) is 5.21 Å². The molecule has 1 amide bonds. The second-order valence-corrected chi connectivity index (χ2v) is 14.1. The van der Waals surface area contributed by atoms with Crippen LogP contribution < -0.4 is 16.3 Å². The summed E-state index contributed by atoms with van der Waals surface area (Å²) in [6.45, 7) is 9.02. The maximum Gasteiger partial charge on any atom is 0.417 e. The SMILES string of the molecule is C[C@@H]1CN(c2nc(=O)n3c4c(c(-c5cc(N)c(F)cc5F)c(C(F)(F)F)cc24)SC[C@@H](n2ccnn2)C3)C[C@H](C)N1C(=O)OC(C)(C)C. The molecule has 2 N–H and O–H groups in total. The van der Waals surface area contributed by atoms with Crippen LogP contribution >= 0.6 is 11.8 Å². The fourth-order valence-corrected chi connectivity index (χ4v) is 7.72. The van der Waals surface area contributed by atoms with E-state index in [0.717, 1.165) is 23.9 Å². The molecule has 3 atom stereocenters. The maximum absolute atomic E-state index is 15.4. The second-order valence-electron chi connectivity index (χ2n) is 13.0. The number of anilines is 2. The number of piperazine rings is 1. The van der Waals surface area contributed by atoms with Crippen LogP contribution in [-0.4, -0.2) is 72.1 Å². The highest BCUT2D eigenvalue weighted by atomic mass is 32.2. The first-order valence-electron chi connectivity index (χ1n) is 15.1. The molecule has 48 heavy (non-hydrogen) atoms. The van der Waals surface area contributed by atoms with Crippen molar-refractivity contribution in [2.45, 2.75) is 76.0 Å². The highest BCUT2D eigenvalue weighted by Gasteiger charge is 2.41. The number of hydrogen-bond acceptors (Lipinski definition) is 9. The number of rotatable bonds is 3. The molecule has 1 fully saturated rings. The van der Waals surface area contributed by atoms with Gasteiger partial charge in [0.1, 0.15) is 23.1 Å². The molecule has 17 heteroatoms. The molecule has 4 aromatic rings. The van der Waals surface area contributed by atoms with Crippen LogP contribution in [0, 0.1) is 11.6 Å². The molecule has 0 bridgehead atoms. The molecule has 4 heterocycles. The number of carbonyl (C=O) groups is 1. The van der Waals surface area contributed by atoms with E-state index in [0.29, 0.717) is 6.07 Å². The predicted octanol–water partition coefficient (Wildman–Crippen LogP) is 5.72. The van der Waals surface area contributed by atoms with E-state index < -0.39 is 75.7 Å². The van der Waals surface area contributed by atoms with Gasteiger partial charge < -0.3 is 15.4 Å². The lowest BCUT2D eigenvalue weighted by atomic mass is 9.95. The quantitative estimate of drug-likeness (QED) is 0.212. The van der Waals surface area contributed by atoms with Crippen molar-refractivity contribution in [1.82, 2.24) is 29.4 Å². The minimum absolute atomic E-state index is 0.00743. The standard InChI is InChI=1S/C31H33F5N8O3S/c1-15-11-41(12-16(2)44(15)29(46)47-30(3,4)5)27-19-8-20(31(34,35)36)24(18-9-23(37)22(33)10-21(18)32)26-25(19)42(28(45)39-27)13-17(14-48-26)43-7-6-38-40-43/h6-10,15-17H,11-14,37H2,1-5H3/t15-,16+,17-/m0/s1. The Balaban J connectivity index is 1.59. The van der Waals surface area contributed by atoms with Crippen LogP contribution in [0.5, 0.6) is 0 Å². The van der Waals surface area contributed by atoms with Crippen LogP contribution in [0.1, 0.15) is 46.2 Å². The van der Waals surface area contributed by atoms with Crippen LogP contribution in [0.3, 0.4) is 0 Å². The van der Waals surface area contributed by atoms with E-state index in [1.807, 2.05) is 0 Å². The number of thioether (sulfide) groups is 1. The maximum atomic E-state index is 15.4. The van der Waals surface area contributed by atoms with Crippen molar-refractivity contribution in [3.8, 4) is 11.1 Å². The van der Waals surface area contributed by atoms with Gasteiger partial charge in [-0.2, -0.15) is 18.2 Å². The van der Waals surface area contributed by atoms with Crippen LogP contribution in [0.25, 0.3) is 22.0 Å². The fourth-order valence-electron chi connectivity index (χ4n) is 6.38. The Morgan fingerprint density at radius 2 is 1.73 bits per heavy atom. The number of hydrogen-bond donors (Lipinski definition) is 1. The van der Waals surface area contributed by atoms with Gasteiger partial charge in [0.15, 0.2) is 0 Å². The van der Waals surface area contributed by atoms with Gasteiger partial charge in [-0.3, -0.25) is 9.47 Å². The number of alkyl halides is 3. The molecule has 1 saturated heterocycles. The molecule has 11 nitrogen and oxygen atoms in total. The molecular weight excluding hydrogens is 659 g/mol. The zero-order chi connectivity index (χ0) is 34.9. The van der Waals surface area contributed by atoms with Gasteiger partial charge >= 0.3 is 18.0 Å². The number of nitrogen functional groups attached to an aromatic ring is 1. The molecule has 0 aliphatic carbocycles. The predicted molar refractivity (Wildman–Crippen MR) is 170 cm³/mol. The number of halogens is 5. The Kier molecular flexibility index (Phi) is 8.32. The molecule has 0 spiro atoms. The summed E-state index contributed by atoms with van der Waals surface area (Å²) in [6.07, 6.45) is -2.54. The number of nitrogens with two attached hydrogens (primary N) is 1. The first-order chi connectivity index (χ1) is 22.4. The number of nitrogens with zero attached hydrogens (tertiary/aromatic N) is 7. The number of aromatic nitrogens is 5. The summed E-state index contributed by atoms with van der Waals surface area (Å²) >= 11 is 0.988. The van der Waals surface area contributed by atoms with Gasteiger partial charge in [0, 0.05) is 52.5 Å². The molecule has 256 valence electrons. The third kappa shape index (κ3) is 6.03. The normalized spacial score (nSPS) is 20.2. The Morgan fingerprint density at radius 3 is 2.33 bits per heavy atom. The molecule has 6 rings (SSSR count). The number of amides is 1. The lowest BCUT2D eigenvalue weighted by Gasteiger charge is -2.45. The average molecular weight is 693 g/mol. The summed E-state index contributed by atoms with van der Waals surface area (Å²) in [4.78, 5) is 34.5. The third-order valence-corrected chi connectivity index (χ3v) is 9.55. The van der Waals surface area contributed by atoms with Crippen molar-refractivity contribution in [3.05, 3.63) is 58.3 Å². The number of ether oxygens (including phenoxy) is 1. The monoisotopic (exact) mass is 692 g/mol. The highest BCUT2D eigenvalue weighted by molar-refractivity contribution is 7.99. The topological polar surface area (TPSA) is 124 Å². The molecule has 0 unspecified atom stereocenters. The molecule has 2 aliphatic heterocycles. The zero-order valence-electron chi connectivity index (χ0n) is 26.7. The van der Waals surface area contributed by atoms with Gasteiger partial charge in [0.2, 0.25) is 0 Å². The summed E-state index contributed by atoms with van der Waals surface area (Å²) in [7, 11) is 0. The molecular formula is C31H33F5N8O3S. The van der Waals surface area contributed by atoms with Crippen molar-refractivity contribution >= 4 is 40.3 Å². The highest BCUT2D eigenvalue weighted by Crippen LogP contribution is 2.50. The van der Waals surface area contributed by atoms with Crippen LogP contribution in [-0.2, 0) is 17.5 Å². The summed E-state index contributed by atoms with van der Waals surface area (Å²) in [5.74, 6) is -2.24. The third-order valence-electron chi connectivity index (χ3n) is 8.31. The first-order valence-corrected chi connectivity index (χ1v) is 16.1. The Labute approximate surface area is 275 Å². The number of carbonyl (C=O) groups excluding carboxylic acids is 1. The van der Waals surface area contributed by atoms with Crippen LogP contribution in [0.15, 0.2) is 40.3 Å². The van der Waals surface area contributed by atoms with Crippen LogP contribution in [0.4, 0.5) is 38.3 Å². The smallest absolute Gasteiger partial charge is 0.417 e. The first kappa shape index (κ1) is 33.5. The molecule has 2 aromatic carbocycles. The van der Waals surface area contributed by atoms with E-state index in [4.69, 9.17) is 10.5 Å². The van der Waals surface area contributed by atoms with Crippen molar-refractivity contribution in [1.29, 1.82) is 0 Å². The summed E-state index contributed by atoms with van der Waals surface area (Å²) in [5.41, 5.74) is 1.48. The Hall–Kier alpha value is -4.41. The molecule has 0 radical (unpaired) electrons. The lowest BCUT2D eigenvalue weighted by Crippen LogP contribution is -2.59. The van der Waals surface area contributed by atoms with Crippen molar-refractivity contribution in [2.24, 2.45) is 0 Å². The Morgan fingerprint density at radius 1 is 1.04 bits per heavy atom. The summed E-state index contributed by atoms with van der Waals surface area (Å²) in [6, 6.07) is 0.656. The summed E-state index contributed by atoms with van der Waals surface area (Å²) in [5, 5.41) is 7.86. The lowest BCUT2D eigenvalue weighted by molar-refractivity contribution is -0.137. The average Bonchev–Trinajstić information content (AvgIpc) is 3.43. The van der Waals surface area contributed by atoms with Crippen molar-refractivity contribution in [3.63, 3.8) is 0 Å². The van der Waals surface area contributed by atoms with Crippen molar-refractivity contribution < 1.29 is 31.5 Å². The minimum atomic E-state index is -5.01. The molecule has 2 aliphatic rings. The molecule has 0 saturated carbocycles. The van der Waals surface area contributed by atoms with Gasteiger partial charge in [-0.05, 0) is 46.8 Å². The van der Waals surface area contributed by atoms with Gasteiger partial charge in [0.05, 0.1) is 47.6 Å². The van der Waals surface area contributed by atoms with E-state index in [2.05, 4.69) is 15.3 Å². The number of benzene rings is 2. The van der Waals surface area contributed by atoms with E-state index in [1.54, 1.807) is 50.6 Å². The second kappa shape index (κ2) is 11.9. The molecule has 2 aromatic heterocycles. The van der Waals surface area contributed by atoms with E-state index in [-0.39, 0.29) is 47.0 Å². The van der Waals surface area contributed by atoms with Gasteiger partial charge in [-0.15, -0.1) is 16.9 Å². The van der Waals surface area contributed by atoms with E-state index in [1.165, 1.54) is 15.4 Å². The van der Waals surface area contributed by atoms with E-state index >= 15 is 17.6 Å². The van der Waals surface area contributed by atoms with Crippen molar-refractivity contribution in [2.75, 3.05) is 29.5 Å².